The number of fused-ring (bicyclic) bond motifs is 1. The van der Waals surface area contributed by atoms with Gasteiger partial charge in [-0.1, -0.05) is 27.7 Å². The van der Waals surface area contributed by atoms with Crippen LogP contribution in [-0.2, 0) is 0 Å². The van der Waals surface area contributed by atoms with Crippen LogP contribution in [0.1, 0.15) is 44.5 Å². The molecule has 0 saturated heterocycles. The molecule has 2 rings (SSSR count). The summed E-state index contributed by atoms with van der Waals surface area (Å²) in [6.45, 7) is 9.34. The Bertz CT molecular complexity index is 477. The van der Waals surface area contributed by atoms with E-state index in [9.17, 15) is 4.79 Å². The molecule has 1 heterocycles. The first-order chi connectivity index (χ1) is 8.94. The van der Waals surface area contributed by atoms with E-state index in [1.54, 1.807) is 0 Å². The van der Waals surface area contributed by atoms with Gasteiger partial charge in [-0.05, 0) is 24.6 Å². The quantitative estimate of drug-likeness (QED) is 0.779. The maximum atomic E-state index is 12.4. The zero-order chi connectivity index (χ0) is 14.0. The first-order valence-electron chi connectivity index (χ1n) is 6.88. The fourth-order valence-electron chi connectivity index (χ4n) is 1.94. The third-order valence-electron chi connectivity index (χ3n) is 3.75. The molecular formula is C16H22O3. The molecule has 1 atom stereocenters. The standard InChI is InChI=1S/C16H22O3/c1-5-16(3,4)15(17)12-6-7-13-14(8-12)19-10-11(2)9-18-13/h6-8,11H,5,9-10H2,1-4H3. The van der Waals surface area contributed by atoms with E-state index < -0.39 is 0 Å². The minimum Gasteiger partial charge on any atom is -0.489 e. The number of hydrogen-bond donors (Lipinski definition) is 0. The fourth-order valence-corrected chi connectivity index (χ4v) is 1.94. The lowest BCUT2D eigenvalue weighted by Gasteiger charge is -2.21. The summed E-state index contributed by atoms with van der Waals surface area (Å²) >= 11 is 0. The topological polar surface area (TPSA) is 35.5 Å². The number of benzene rings is 1. The summed E-state index contributed by atoms with van der Waals surface area (Å²) in [7, 11) is 0. The molecule has 0 fully saturated rings. The first kappa shape index (κ1) is 13.9. The molecule has 0 bridgehead atoms. The average Bonchev–Trinajstić information content (AvgIpc) is 2.59. The largest absolute Gasteiger partial charge is 0.489 e. The van der Waals surface area contributed by atoms with Gasteiger partial charge in [0.15, 0.2) is 17.3 Å². The summed E-state index contributed by atoms with van der Waals surface area (Å²) in [5.41, 5.74) is 0.358. The van der Waals surface area contributed by atoms with Crippen molar-refractivity contribution in [3.63, 3.8) is 0 Å². The van der Waals surface area contributed by atoms with E-state index in [1.165, 1.54) is 0 Å². The van der Waals surface area contributed by atoms with E-state index in [0.717, 1.165) is 12.2 Å². The molecule has 1 aromatic rings. The lowest BCUT2D eigenvalue weighted by Crippen LogP contribution is -2.23. The summed E-state index contributed by atoms with van der Waals surface area (Å²) in [6, 6.07) is 5.48. The molecule has 0 N–H and O–H groups in total. The van der Waals surface area contributed by atoms with E-state index in [0.29, 0.717) is 30.4 Å². The molecule has 1 aliphatic heterocycles. The van der Waals surface area contributed by atoms with Crippen molar-refractivity contribution in [2.45, 2.75) is 34.1 Å². The van der Waals surface area contributed by atoms with Crippen molar-refractivity contribution < 1.29 is 14.3 Å². The monoisotopic (exact) mass is 262 g/mol. The smallest absolute Gasteiger partial charge is 0.168 e. The van der Waals surface area contributed by atoms with E-state index in [1.807, 2.05) is 39.0 Å². The van der Waals surface area contributed by atoms with Gasteiger partial charge >= 0.3 is 0 Å². The van der Waals surface area contributed by atoms with Gasteiger partial charge in [-0.3, -0.25) is 4.79 Å². The van der Waals surface area contributed by atoms with Crippen molar-refractivity contribution in [3.05, 3.63) is 23.8 Å². The molecule has 1 aliphatic rings. The van der Waals surface area contributed by atoms with E-state index in [2.05, 4.69) is 6.92 Å². The lowest BCUT2D eigenvalue weighted by atomic mass is 9.82. The molecule has 3 nitrogen and oxygen atoms in total. The highest BCUT2D eigenvalue weighted by Gasteiger charge is 2.27. The maximum Gasteiger partial charge on any atom is 0.168 e. The normalized spacial score (nSPS) is 18.8. The number of carbonyl (C=O) groups excluding carboxylic acids is 1. The third-order valence-corrected chi connectivity index (χ3v) is 3.75. The molecular weight excluding hydrogens is 240 g/mol. The van der Waals surface area contributed by atoms with Gasteiger partial charge in [0.25, 0.3) is 0 Å². The highest BCUT2D eigenvalue weighted by molar-refractivity contribution is 6.00. The number of Topliss-reactive ketones (excluding diaryl/α,β-unsaturated/α-hetero) is 1. The van der Waals surface area contributed by atoms with E-state index in [-0.39, 0.29) is 11.2 Å². The Morgan fingerprint density at radius 3 is 2.53 bits per heavy atom. The highest BCUT2D eigenvalue weighted by Crippen LogP contribution is 2.34. The zero-order valence-corrected chi connectivity index (χ0v) is 12.2. The highest BCUT2D eigenvalue weighted by atomic mass is 16.5. The number of hydrogen-bond acceptors (Lipinski definition) is 3. The molecule has 0 radical (unpaired) electrons. The molecule has 0 saturated carbocycles. The third kappa shape index (κ3) is 2.91. The van der Waals surface area contributed by atoms with Gasteiger partial charge in [-0.15, -0.1) is 0 Å². The summed E-state index contributed by atoms with van der Waals surface area (Å²) in [5, 5.41) is 0. The van der Waals surface area contributed by atoms with Crippen LogP contribution < -0.4 is 9.47 Å². The van der Waals surface area contributed by atoms with Crippen LogP contribution in [0, 0.1) is 11.3 Å². The van der Waals surface area contributed by atoms with Gasteiger partial charge in [-0.2, -0.15) is 0 Å². The van der Waals surface area contributed by atoms with Gasteiger partial charge in [0.1, 0.15) is 0 Å². The molecule has 1 unspecified atom stereocenters. The zero-order valence-electron chi connectivity index (χ0n) is 12.2. The number of ketones is 1. The second kappa shape index (κ2) is 5.24. The molecule has 0 aliphatic carbocycles. The first-order valence-corrected chi connectivity index (χ1v) is 6.88. The Hall–Kier alpha value is -1.51. The Kier molecular flexibility index (Phi) is 3.83. The van der Waals surface area contributed by atoms with Gasteiger partial charge in [0, 0.05) is 16.9 Å². The Morgan fingerprint density at radius 2 is 1.89 bits per heavy atom. The Balaban J connectivity index is 2.29. The summed E-state index contributed by atoms with van der Waals surface area (Å²) in [4.78, 5) is 12.4. The van der Waals surface area contributed by atoms with E-state index >= 15 is 0 Å². The lowest BCUT2D eigenvalue weighted by molar-refractivity contribution is 0.0832. The van der Waals surface area contributed by atoms with Crippen molar-refractivity contribution in [1.82, 2.24) is 0 Å². The maximum absolute atomic E-state index is 12.4. The predicted octanol–water partition coefficient (Wildman–Crippen LogP) is 3.71. The summed E-state index contributed by atoms with van der Waals surface area (Å²) in [5.74, 6) is 1.93. The van der Waals surface area contributed by atoms with Crippen LogP contribution in [-0.4, -0.2) is 19.0 Å². The van der Waals surface area contributed by atoms with Gasteiger partial charge in [0.05, 0.1) is 13.2 Å². The summed E-state index contributed by atoms with van der Waals surface area (Å²) in [6.07, 6.45) is 0.817. The van der Waals surface area contributed by atoms with Gasteiger partial charge < -0.3 is 9.47 Å². The van der Waals surface area contributed by atoms with Crippen molar-refractivity contribution >= 4 is 5.78 Å². The average molecular weight is 262 g/mol. The van der Waals surface area contributed by atoms with E-state index in [4.69, 9.17) is 9.47 Å². The molecule has 0 spiro atoms. The molecule has 0 amide bonds. The van der Waals surface area contributed by atoms with Crippen LogP contribution in [0.3, 0.4) is 0 Å². The van der Waals surface area contributed by atoms with Crippen LogP contribution in [0.2, 0.25) is 0 Å². The van der Waals surface area contributed by atoms with Crippen LogP contribution in [0.5, 0.6) is 11.5 Å². The van der Waals surface area contributed by atoms with Gasteiger partial charge in [-0.25, -0.2) is 0 Å². The van der Waals surface area contributed by atoms with Crippen LogP contribution in [0.15, 0.2) is 18.2 Å². The van der Waals surface area contributed by atoms with Crippen molar-refractivity contribution in [3.8, 4) is 11.5 Å². The van der Waals surface area contributed by atoms with Crippen LogP contribution in [0.25, 0.3) is 0 Å². The predicted molar refractivity (Wildman–Crippen MR) is 75.0 cm³/mol. The Labute approximate surface area is 114 Å². The minimum atomic E-state index is -0.340. The van der Waals surface area contributed by atoms with Crippen LogP contribution >= 0.6 is 0 Å². The Morgan fingerprint density at radius 1 is 1.26 bits per heavy atom. The summed E-state index contributed by atoms with van der Waals surface area (Å²) < 4.78 is 11.4. The molecule has 0 aromatic heterocycles. The SMILES string of the molecule is CCC(C)(C)C(=O)c1ccc2c(c1)OCC(C)CO2. The fraction of sp³-hybridized carbons (Fsp3) is 0.562. The molecule has 1 aromatic carbocycles. The number of rotatable bonds is 3. The minimum absolute atomic E-state index is 0.152. The molecule has 3 heteroatoms. The second-order valence-electron chi connectivity index (χ2n) is 5.96. The van der Waals surface area contributed by atoms with Crippen LogP contribution in [0.4, 0.5) is 0 Å². The van der Waals surface area contributed by atoms with Crippen molar-refractivity contribution in [2.75, 3.05) is 13.2 Å². The van der Waals surface area contributed by atoms with Gasteiger partial charge in [0.2, 0.25) is 0 Å². The molecule has 19 heavy (non-hydrogen) atoms. The number of ether oxygens (including phenoxy) is 2. The number of carbonyl (C=O) groups is 1. The van der Waals surface area contributed by atoms with Crippen molar-refractivity contribution in [2.24, 2.45) is 11.3 Å². The van der Waals surface area contributed by atoms with Crippen molar-refractivity contribution in [1.29, 1.82) is 0 Å². The second-order valence-corrected chi connectivity index (χ2v) is 5.96. The molecule has 104 valence electrons.